The molecule has 2 heterocycles. The molecule has 4 rings (SSSR count). The van der Waals surface area contributed by atoms with Crippen molar-refractivity contribution in [3.63, 3.8) is 0 Å². The summed E-state index contributed by atoms with van der Waals surface area (Å²) in [7, 11) is 0. The van der Waals surface area contributed by atoms with Crippen LogP contribution in [0, 0.1) is 0 Å². The summed E-state index contributed by atoms with van der Waals surface area (Å²) in [6, 6.07) is 14.4. The number of hydrogen-bond donors (Lipinski definition) is 2. The average Bonchev–Trinajstić information content (AvgIpc) is 3.06. The summed E-state index contributed by atoms with van der Waals surface area (Å²) in [6.07, 6.45) is 1.76. The number of anilines is 2. The lowest BCUT2D eigenvalue weighted by Crippen LogP contribution is -2.46. The van der Waals surface area contributed by atoms with E-state index in [0.29, 0.717) is 6.54 Å². The molecule has 0 spiro atoms. The van der Waals surface area contributed by atoms with E-state index in [2.05, 4.69) is 15.1 Å². The van der Waals surface area contributed by atoms with Crippen LogP contribution in [0.5, 0.6) is 5.75 Å². The number of amides is 3. The number of aromatic hydroxyl groups is 1. The molecule has 1 atom stereocenters. The number of benzene rings is 2. The largest absolute Gasteiger partial charge is 0.508 e. The van der Waals surface area contributed by atoms with Crippen molar-refractivity contribution in [3.8, 4) is 5.75 Å². The molecule has 0 bridgehead atoms. The monoisotopic (exact) mass is 408 g/mol. The number of phenols is 1. The van der Waals surface area contributed by atoms with Gasteiger partial charge in [0.2, 0.25) is 0 Å². The van der Waals surface area contributed by atoms with Gasteiger partial charge in [-0.2, -0.15) is 0 Å². The van der Waals surface area contributed by atoms with Crippen LogP contribution < -0.4 is 15.1 Å². The fourth-order valence-electron chi connectivity index (χ4n) is 4.04. The minimum Gasteiger partial charge on any atom is -0.508 e. The van der Waals surface area contributed by atoms with Gasteiger partial charge in [0.25, 0.3) is 5.91 Å². The quantitative estimate of drug-likeness (QED) is 0.719. The van der Waals surface area contributed by atoms with E-state index < -0.39 is 6.04 Å². The highest BCUT2D eigenvalue weighted by Crippen LogP contribution is 2.26. The molecule has 158 valence electrons. The smallest absolute Gasteiger partial charge is 0.325 e. The van der Waals surface area contributed by atoms with Crippen molar-refractivity contribution in [2.24, 2.45) is 0 Å². The first kappa shape index (κ1) is 20.1. The van der Waals surface area contributed by atoms with E-state index in [1.54, 1.807) is 12.1 Å². The second kappa shape index (κ2) is 8.65. The molecule has 7 heteroatoms. The fourth-order valence-corrected chi connectivity index (χ4v) is 4.04. The van der Waals surface area contributed by atoms with Gasteiger partial charge in [-0.05, 0) is 48.4 Å². The third kappa shape index (κ3) is 4.06. The predicted octanol–water partition coefficient (Wildman–Crippen LogP) is 3.11. The second-order valence-electron chi connectivity index (χ2n) is 7.81. The number of hydrogen-bond acceptors (Lipinski definition) is 5. The number of carbonyl (C=O) groups excluding carboxylic acids is 2. The van der Waals surface area contributed by atoms with Crippen LogP contribution in [0.1, 0.15) is 31.4 Å². The molecule has 2 aliphatic heterocycles. The van der Waals surface area contributed by atoms with Gasteiger partial charge in [-0.3, -0.25) is 9.69 Å². The first-order valence-electron chi connectivity index (χ1n) is 10.6. The van der Waals surface area contributed by atoms with E-state index in [-0.39, 0.29) is 17.7 Å². The van der Waals surface area contributed by atoms with E-state index in [1.807, 2.05) is 43.3 Å². The number of piperazine rings is 1. The number of nitrogens with one attached hydrogen (secondary N) is 1. The van der Waals surface area contributed by atoms with Crippen LogP contribution in [0.25, 0.3) is 0 Å². The molecule has 2 aromatic carbocycles. The predicted molar refractivity (Wildman–Crippen MR) is 117 cm³/mol. The molecule has 2 N–H and O–H groups in total. The molecule has 0 saturated carbocycles. The van der Waals surface area contributed by atoms with Gasteiger partial charge in [0.05, 0.1) is 0 Å². The van der Waals surface area contributed by atoms with Gasteiger partial charge >= 0.3 is 6.03 Å². The van der Waals surface area contributed by atoms with Gasteiger partial charge in [-0.15, -0.1) is 0 Å². The Balaban J connectivity index is 1.37. The van der Waals surface area contributed by atoms with E-state index in [4.69, 9.17) is 0 Å². The molecular weight excluding hydrogens is 380 g/mol. The lowest BCUT2D eigenvalue weighted by atomic mass is 10.1. The standard InChI is InChI=1S/C23H28N4O3/c1-2-3-12-27-22(29)21(24-23(27)30)17-4-6-18(7-5-17)25-13-15-26(16-14-25)19-8-10-20(28)11-9-19/h4-11,21,28H,2-3,12-16H2,1H3,(H,24,30). The Hall–Kier alpha value is -3.22. The highest BCUT2D eigenvalue weighted by atomic mass is 16.3. The summed E-state index contributed by atoms with van der Waals surface area (Å²) >= 11 is 0. The Morgan fingerprint density at radius 3 is 1.97 bits per heavy atom. The zero-order chi connectivity index (χ0) is 21.1. The Morgan fingerprint density at radius 2 is 1.43 bits per heavy atom. The van der Waals surface area contributed by atoms with Crippen molar-refractivity contribution >= 4 is 23.3 Å². The number of phenolic OH excluding ortho intramolecular Hbond substituents is 1. The molecule has 1 unspecified atom stereocenters. The molecule has 2 aliphatic rings. The summed E-state index contributed by atoms with van der Waals surface area (Å²) in [5.41, 5.74) is 3.05. The van der Waals surface area contributed by atoms with Crippen molar-refractivity contribution in [2.75, 3.05) is 42.5 Å². The van der Waals surface area contributed by atoms with Gasteiger partial charge < -0.3 is 20.2 Å². The van der Waals surface area contributed by atoms with Gasteiger partial charge in [0.1, 0.15) is 11.8 Å². The van der Waals surface area contributed by atoms with Crippen LogP contribution in [-0.2, 0) is 4.79 Å². The third-order valence-electron chi connectivity index (χ3n) is 5.85. The number of nitrogens with zero attached hydrogens (tertiary/aromatic N) is 3. The van der Waals surface area contributed by atoms with Crippen LogP contribution in [-0.4, -0.2) is 54.7 Å². The molecule has 30 heavy (non-hydrogen) atoms. The molecule has 0 radical (unpaired) electrons. The SMILES string of the molecule is CCCCN1C(=O)NC(c2ccc(N3CCN(c4ccc(O)cc4)CC3)cc2)C1=O. The van der Waals surface area contributed by atoms with Crippen LogP contribution >= 0.6 is 0 Å². The summed E-state index contributed by atoms with van der Waals surface area (Å²) < 4.78 is 0. The van der Waals surface area contributed by atoms with Crippen molar-refractivity contribution in [3.05, 3.63) is 54.1 Å². The first-order chi connectivity index (χ1) is 14.6. The van der Waals surface area contributed by atoms with Crippen LogP contribution in [0.2, 0.25) is 0 Å². The van der Waals surface area contributed by atoms with E-state index in [1.165, 1.54) is 4.90 Å². The maximum absolute atomic E-state index is 12.6. The maximum atomic E-state index is 12.6. The summed E-state index contributed by atoms with van der Waals surface area (Å²) in [4.78, 5) is 30.7. The van der Waals surface area contributed by atoms with Crippen LogP contribution in [0.15, 0.2) is 48.5 Å². The Labute approximate surface area is 176 Å². The summed E-state index contributed by atoms with van der Waals surface area (Å²) in [6.45, 7) is 6.10. The normalized spacial score (nSPS) is 19.4. The number of imide groups is 1. The zero-order valence-corrected chi connectivity index (χ0v) is 17.3. The molecule has 0 aliphatic carbocycles. The van der Waals surface area contributed by atoms with Gasteiger partial charge in [0.15, 0.2) is 0 Å². The van der Waals surface area contributed by atoms with Crippen molar-refractivity contribution in [2.45, 2.75) is 25.8 Å². The first-order valence-corrected chi connectivity index (χ1v) is 10.6. The lowest BCUT2D eigenvalue weighted by Gasteiger charge is -2.37. The van der Waals surface area contributed by atoms with Gasteiger partial charge in [-0.25, -0.2) is 4.79 Å². The Morgan fingerprint density at radius 1 is 0.900 bits per heavy atom. The number of carbonyl (C=O) groups is 2. The van der Waals surface area contributed by atoms with E-state index in [9.17, 15) is 14.7 Å². The fraction of sp³-hybridized carbons (Fsp3) is 0.391. The molecule has 3 amide bonds. The second-order valence-corrected chi connectivity index (χ2v) is 7.81. The van der Waals surface area contributed by atoms with Crippen LogP contribution in [0.3, 0.4) is 0 Å². The summed E-state index contributed by atoms with van der Waals surface area (Å²) in [5, 5.41) is 12.3. The average molecular weight is 409 g/mol. The molecular formula is C23H28N4O3. The van der Waals surface area contributed by atoms with Crippen molar-refractivity contribution < 1.29 is 14.7 Å². The van der Waals surface area contributed by atoms with Crippen molar-refractivity contribution in [1.82, 2.24) is 10.2 Å². The number of urea groups is 1. The molecule has 7 nitrogen and oxygen atoms in total. The van der Waals surface area contributed by atoms with Gasteiger partial charge in [-0.1, -0.05) is 25.5 Å². The summed E-state index contributed by atoms with van der Waals surface area (Å²) in [5.74, 6) is 0.117. The van der Waals surface area contributed by atoms with E-state index >= 15 is 0 Å². The van der Waals surface area contributed by atoms with Gasteiger partial charge in [0, 0.05) is 44.1 Å². The zero-order valence-electron chi connectivity index (χ0n) is 17.3. The molecule has 2 aromatic rings. The number of rotatable bonds is 6. The lowest BCUT2D eigenvalue weighted by molar-refractivity contribution is -0.127. The van der Waals surface area contributed by atoms with Crippen molar-refractivity contribution in [1.29, 1.82) is 0 Å². The Kier molecular flexibility index (Phi) is 5.79. The number of unbranched alkanes of at least 4 members (excludes halogenated alkanes) is 1. The molecule has 0 aromatic heterocycles. The minimum atomic E-state index is -0.588. The van der Waals surface area contributed by atoms with Crippen LogP contribution in [0.4, 0.5) is 16.2 Å². The molecule has 2 fully saturated rings. The highest BCUT2D eigenvalue weighted by molar-refractivity contribution is 6.04. The minimum absolute atomic E-state index is 0.163. The van der Waals surface area contributed by atoms with E-state index in [0.717, 1.165) is 56.0 Å². The Bertz CT molecular complexity index is 890. The molecule has 2 saturated heterocycles. The maximum Gasteiger partial charge on any atom is 0.325 e. The third-order valence-corrected chi connectivity index (χ3v) is 5.85. The highest BCUT2D eigenvalue weighted by Gasteiger charge is 2.38. The topological polar surface area (TPSA) is 76.1 Å².